The molecule has 3 heterocycles. The Labute approximate surface area is 150 Å². The van der Waals surface area contributed by atoms with Crippen molar-refractivity contribution in [3.8, 4) is 0 Å². The maximum absolute atomic E-state index is 12.6. The van der Waals surface area contributed by atoms with Crippen LogP contribution in [0.1, 0.15) is 6.92 Å². The molecule has 130 valence electrons. The van der Waals surface area contributed by atoms with Gasteiger partial charge in [0.1, 0.15) is 17.8 Å². The van der Waals surface area contributed by atoms with Crippen LogP contribution in [0.3, 0.4) is 0 Å². The minimum Gasteiger partial charge on any atom is -0.346 e. The van der Waals surface area contributed by atoms with Crippen LogP contribution in [0.5, 0.6) is 0 Å². The zero-order chi connectivity index (χ0) is 17.5. The maximum Gasteiger partial charge on any atom is 0.260 e. The maximum atomic E-state index is 12.6. The molecule has 1 unspecified atom stereocenters. The van der Waals surface area contributed by atoms with Crippen molar-refractivity contribution in [2.45, 2.75) is 13.0 Å². The summed E-state index contributed by atoms with van der Waals surface area (Å²) < 4.78 is 0. The highest BCUT2D eigenvalue weighted by molar-refractivity contribution is 8.06. The van der Waals surface area contributed by atoms with Crippen LogP contribution >= 0.6 is 11.8 Å². The number of carbonyl (C=O) groups excluding carboxylic acids is 1. The molecule has 4 N–H and O–H groups in total. The quantitative estimate of drug-likeness (QED) is 0.468. The Morgan fingerprint density at radius 3 is 3.16 bits per heavy atom. The normalized spacial score (nSPS) is 18.0. The van der Waals surface area contributed by atoms with E-state index in [4.69, 9.17) is 0 Å². The minimum atomic E-state index is -0.131. The fourth-order valence-electron chi connectivity index (χ4n) is 2.38. The first-order valence-electron chi connectivity index (χ1n) is 7.99. The molecule has 0 aliphatic carbocycles. The fraction of sp³-hybridized carbons (Fsp3) is 0.235. The van der Waals surface area contributed by atoms with E-state index in [1.165, 1.54) is 18.1 Å². The summed E-state index contributed by atoms with van der Waals surface area (Å²) >= 11 is 1.36. The second-order valence-corrected chi connectivity index (χ2v) is 6.32. The van der Waals surface area contributed by atoms with Gasteiger partial charge in [-0.15, -0.1) is 0 Å². The van der Waals surface area contributed by atoms with Gasteiger partial charge in [0.25, 0.3) is 5.91 Å². The molecule has 2 aromatic heterocycles. The van der Waals surface area contributed by atoms with Gasteiger partial charge in [-0.25, -0.2) is 9.97 Å². The number of aromatic amines is 1. The minimum absolute atomic E-state index is 0.00807. The Morgan fingerprint density at radius 2 is 2.36 bits per heavy atom. The molecule has 3 rings (SSSR count). The van der Waals surface area contributed by atoms with Crippen molar-refractivity contribution >= 4 is 34.5 Å². The van der Waals surface area contributed by atoms with Gasteiger partial charge in [0, 0.05) is 25.5 Å². The molecule has 1 aliphatic heterocycles. The van der Waals surface area contributed by atoms with Crippen LogP contribution in [0.25, 0.3) is 11.0 Å². The third kappa shape index (κ3) is 4.49. The number of rotatable bonds is 6. The van der Waals surface area contributed by atoms with Gasteiger partial charge >= 0.3 is 0 Å². The number of hydrogen-bond donors (Lipinski definition) is 4. The Kier molecular flexibility index (Phi) is 5.86. The van der Waals surface area contributed by atoms with Crippen LogP contribution in [-0.4, -0.2) is 40.0 Å². The van der Waals surface area contributed by atoms with E-state index >= 15 is 0 Å². The third-order valence-corrected chi connectivity index (χ3v) is 4.53. The monoisotopic (exact) mass is 356 g/mol. The molecule has 0 aromatic carbocycles. The summed E-state index contributed by atoms with van der Waals surface area (Å²) in [5, 5.41) is 12.1. The zero-order valence-electron chi connectivity index (χ0n) is 13.8. The van der Waals surface area contributed by atoms with Crippen molar-refractivity contribution in [2.75, 3.05) is 18.4 Å². The molecule has 0 saturated heterocycles. The summed E-state index contributed by atoms with van der Waals surface area (Å²) in [4.78, 5) is 24.6. The highest BCUT2D eigenvalue weighted by Gasteiger charge is 2.15. The summed E-state index contributed by atoms with van der Waals surface area (Å²) in [6.07, 6.45) is 10.9. The summed E-state index contributed by atoms with van der Waals surface area (Å²) in [5.41, 5.74) is 0.747. The highest BCUT2D eigenvalue weighted by atomic mass is 32.2. The van der Waals surface area contributed by atoms with Gasteiger partial charge < -0.3 is 20.9 Å². The number of H-pyrrole nitrogens is 1. The van der Waals surface area contributed by atoms with Gasteiger partial charge in [-0.3, -0.25) is 4.79 Å². The number of nitrogens with one attached hydrogen (secondary N) is 4. The van der Waals surface area contributed by atoms with E-state index in [0.717, 1.165) is 24.1 Å². The highest BCUT2D eigenvalue weighted by Crippen LogP contribution is 2.21. The first kappa shape index (κ1) is 17.2. The van der Waals surface area contributed by atoms with Crippen molar-refractivity contribution in [2.24, 2.45) is 0 Å². The van der Waals surface area contributed by atoms with E-state index < -0.39 is 0 Å². The number of amides is 1. The second kappa shape index (κ2) is 8.50. The molecular weight excluding hydrogens is 336 g/mol. The van der Waals surface area contributed by atoms with Gasteiger partial charge in [-0.2, -0.15) is 0 Å². The molecule has 2 aromatic rings. The first-order valence-corrected chi connectivity index (χ1v) is 8.86. The van der Waals surface area contributed by atoms with Gasteiger partial charge in [0.2, 0.25) is 0 Å². The summed E-state index contributed by atoms with van der Waals surface area (Å²) in [5.74, 6) is 0.519. The summed E-state index contributed by atoms with van der Waals surface area (Å²) in [6, 6.07) is 1.88. The van der Waals surface area contributed by atoms with E-state index in [1.54, 1.807) is 12.4 Å². The molecular formula is C17H20N6OS. The Balaban J connectivity index is 1.75. The van der Waals surface area contributed by atoms with E-state index in [-0.39, 0.29) is 11.9 Å². The molecule has 8 heteroatoms. The second-order valence-electron chi connectivity index (χ2n) is 5.37. The van der Waals surface area contributed by atoms with E-state index in [1.807, 2.05) is 36.6 Å². The van der Waals surface area contributed by atoms with E-state index in [0.29, 0.717) is 10.7 Å². The topological polar surface area (TPSA) is 94.7 Å². The van der Waals surface area contributed by atoms with Crippen LogP contribution in [0.2, 0.25) is 0 Å². The molecule has 1 atom stereocenters. The smallest absolute Gasteiger partial charge is 0.260 e. The number of aromatic nitrogens is 3. The lowest BCUT2D eigenvalue weighted by Gasteiger charge is -2.19. The molecule has 0 fully saturated rings. The third-order valence-electron chi connectivity index (χ3n) is 3.56. The zero-order valence-corrected chi connectivity index (χ0v) is 14.6. The van der Waals surface area contributed by atoms with Crippen LogP contribution in [0.15, 0.2) is 53.3 Å². The van der Waals surface area contributed by atoms with Gasteiger partial charge in [0.15, 0.2) is 0 Å². The molecule has 7 nitrogen and oxygen atoms in total. The van der Waals surface area contributed by atoms with Crippen molar-refractivity contribution in [3.05, 3.63) is 53.3 Å². The largest absolute Gasteiger partial charge is 0.346 e. The first-order chi connectivity index (χ1) is 12.3. The Hall–Kier alpha value is -2.58. The Morgan fingerprint density at radius 1 is 1.44 bits per heavy atom. The lowest BCUT2D eigenvalue weighted by Crippen LogP contribution is -2.43. The van der Waals surface area contributed by atoms with Crippen molar-refractivity contribution < 1.29 is 4.79 Å². The van der Waals surface area contributed by atoms with Crippen molar-refractivity contribution in [3.63, 3.8) is 0 Å². The van der Waals surface area contributed by atoms with Crippen LogP contribution in [-0.2, 0) is 4.79 Å². The van der Waals surface area contributed by atoms with E-state index in [2.05, 4.69) is 30.9 Å². The molecule has 0 saturated carbocycles. The van der Waals surface area contributed by atoms with Gasteiger partial charge in [-0.05, 0) is 18.4 Å². The van der Waals surface area contributed by atoms with Crippen LogP contribution in [0.4, 0.5) is 5.82 Å². The number of carbonyl (C=O) groups is 1. The van der Waals surface area contributed by atoms with Crippen molar-refractivity contribution in [1.29, 1.82) is 0 Å². The number of nitrogens with zero attached hydrogens (tertiary/aromatic N) is 2. The standard InChI is InChI=1S/C17H20N6OS/c1-2-8-25-14(17(24)23-12-4-3-6-18-9-12)10-20-16-13-5-7-19-15(13)21-11-22-16/h2-5,7-8,10-12,18H,6,9H2,1H3,(H,23,24)(H2,19,20,21,22)/b8-2-,14-10+. The number of anilines is 1. The predicted molar refractivity (Wildman–Crippen MR) is 102 cm³/mol. The molecule has 0 bridgehead atoms. The number of hydrogen-bond acceptors (Lipinski definition) is 6. The Bertz CT molecular complexity index is 825. The molecule has 1 aliphatic rings. The van der Waals surface area contributed by atoms with Crippen LogP contribution < -0.4 is 16.0 Å². The lowest BCUT2D eigenvalue weighted by atomic mass is 10.2. The van der Waals surface area contributed by atoms with E-state index in [9.17, 15) is 4.79 Å². The number of thioether (sulfide) groups is 1. The molecule has 0 radical (unpaired) electrons. The molecule has 0 spiro atoms. The average Bonchev–Trinajstić information content (AvgIpc) is 3.12. The van der Waals surface area contributed by atoms with Crippen LogP contribution in [0, 0.1) is 0 Å². The van der Waals surface area contributed by atoms with Crippen molar-refractivity contribution in [1.82, 2.24) is 25.6 Å². The average molecular weight is 356 g/mol. The predicted octanol–water partition coefficient (Wildman–Crippen LogP) is 2.12. The SMILES string of the molecule is C/C=C\S/C(=C/Nc1ncnc2[nH]ccc12)C(=O)NC1C=CCNC1. The summed E-state index contributed by atoms with van der Waals surface area (Å²) in [7, 11) is 0. The molecule has 1 amide bonds. The number of fused-ring (bicyclic) bond motifs is 1. The fourth-order valence-corrected chi connectivity index (χ4v) is 2.95. The lowest BCUT2D eigenvalue weighted by molar-refractivity contribution is -0.117. The van der Waals surface area contributed by atoms with Gasteiger partial charge in [0.05, 0.1) is 16.3 Å². The van der Waals surface area contributed by atoms with Gasteiger partial charge in [-0.1, -0.05) is 30.0 Å². The summed E-state index contributed by atoms with van der Waals surface area (Å²) in [6.45, 7) is 3.48. The molecule has 25 heavy (non-hydrogen) atoms. The number of allylic oxidation sites excluding steroid dienone is 1.